The number of anilines is 1. The van der Waals surface area contributed by atoms with E-state index in [2.05, 4.69) is 75.5 Å². The van der Waals surface area contributed by atoms with Crippen molar-refractivity contribution in [3.05, 3.63) is 64.7 Å². The molecule has 0 aliphatic carbocycles. The van der Waals surface area contributed by atoms with Gasteiger partial charge in [0, 0.05) is 0 Å². The maximum Gasteiger partial charge on any atom is 0.0640 e. The summed E-state index contributed by atoms with van der Waals surface area (Å²) in [5, 5.41) is 4.40. The number of nitrogens with one attached hydrogen (secondary N) is 1. The van der Waals surface area contributed by atoms with Crippen molar-refractivity contribution in [1.29, 1.82) is 0 Å². The minimum Gasteiger partial charge on any atom is -0.377 e. The number of hydrogen-bond donors (Lipinski definition) is 1. The molecule has 0 aliphatic rings. The van der Waals surface area contributed by atoms with E-state index in [1.165, 1.54) is 11.1 Å². The molecule has 1 unspecified atom stereocenters. The van der Waals surface area contributed by atoms with Crippen molar-refractivity contribution in [3.63, 3.8) is 0 Å². The summed E-state index contributed by atoms with van der Waals surface area (Å²) < 4.78 is 0. The molecule has 0 aromatic heterocycles. The molecule has 2 heteroatoms. The zero-order chi connectivity index (χ0) is 15.5. The summed E-state index contributed by atoms with van der Waals surface area (Å²) in [6.45, 7) is 8.85. The third-order valence-corrected chi connectivity index (χ3v) is 3.79. The van der Waals surface area contributed by atoms with Gasteiger partial charge in [0.15, 0.2) is 0 Å². The Bertz CT molecular complexity index is 584. The van der Waals surface area contributed by atoms with Gasteiger partial charge in [-0.05, 0) is 42.0 Å². The highest BCUT2D eigenvalue weighted by Gasteiger charge is 2.20. The lowest BCUT2D eigenvalue weighted by molar-refractivity contribution is 0.352. The van der Waals surface area contributed by atoms with E-state index in [-0.39, 0.29) is 11.5 Å². The van der Waals surface area contributed by atoms with Gasteiger partial charge in [-0.1, -0.05) is 68.8 Å². The second-order valence-electron chi connectivity index (χ2n) is 6.86. The molecule has 2 aromatic rings. The Hall–Kier alpha value is -1.47. The maximum absolute atomic E-state index is 6.37. The molecule has 0 heterocycles. The molecule has 0 saturated heterocycles. The van der Waals surface area contributed by atoms with E-state index in [0.29, 0.717) is 0 Å². The van der Waals surface area contributed by atoms with Gasteiger partial charge in [-0.15, -0.1) is 0 Å². The highest BCUT2D eigenvalue weighted by atomic mass is 35.5. The van der Waals surface area contributed by atoms with E-state index in [4.69, 9.17) is 11.6 Å². The minimum atomic E-state index is 0.241. The molecule has 0 amide bonds. The van der Waals surface area contributed by atoms with Crippen LogP contribution in [0.3, 0.4) is 0 Å². The third kappa shape index (κ3) is 4.78. The van der Waals surface area contributed by atoms with Crippen LogP contribution in [0.2, 0.25) is 5.02 Å². The molecule has 21 heavy (non-hydrogen) atoms. The van der Waals surface area contributed by atoms with Gasteiger partial charge in [0.05, 0.1) is 16.8 Å². The lowest BCUT2D eigenvalue weighted by Crippen LogP contribution is -2.18. The predicted octanol–water partition coefficient (Wildman–Crippen LogP) is 6.24. The Morgan fingerprint density at radius 3 is 2.29 bits per heavy atom. The smallest absolute Gasteiger partial charge is 0.0640 e. The average Bonchev–Trinajstić information content (AvgIpc) is 2.40. The topological polar surface area (TPSA) is 12.0 Å². The first-order valence-corrected chi connectivity index (χ1v) is 7.80. The molecule has 112 valence electrons. The summed E-state index contributed by atoms with van der Waals surface area (Å²) in [6.07, 6.45) is 1.04. The molecule has 0 spiro atoms. The van der Waals surface area contributed by atoms with Crippen molar-refractivity contribution < 1.29 is 0 Å². The van der Waals surface area contributed by atoms with Crippen molar-refractivity contribution in [3.8, 4) is 0 Å². The van der Waals surface area contributed by atoms with E-state index in [9.17, 15) is 0 Å². The van der Waals surface area contributed by atoms with Gasteiger partial charge in [0.1, 0.15) is 0 Å². The maximum atomic E-state index is 6.37. The van der Waals surface area contributed by atoms with Crippen LogP contribution in [0.25, 0.3) is 0 Å². The Morgan fingerprint density at radius 1 is 1.05 bits per heavy atom. The van der Waals surface area contributed by atoms with Crippen molar-refractivity contribution in [2.75, 3.05) is 5.32 Å². The zero-order valence-electron chi connectivity index (χ0n) is 13.3. The SMILES string of the molecule is Cc1ccc(NC(CC(C)(C)C)c2ccccc2)c(Cl)c1. The molecule has 0 saturated carbocycles. The molecule has 0 aliphatic heterocycles. The summed E-state index contributed by atoms with van der Waals surface area (Å²) in [6, 6.07) is 17.0. The van der Waals surface area contributed by atoms with Gasteiger partial charge in [0.2, 0.25) is 0 Å². The second kappa shape index (κ2) is 6.53. The molecule has 0 fully saturated rings. The van der Waals surface area contributed by atoms with Crippen LogP contribution >= 0.6 is 11.6 Å². The standard InChI is InChI=1S/C19H24ClN/c1-14-10-11-17(16(20)12-14)21-18(13-19(2,3)4)15-8-6-5-7-9-15/h5-12,18,21H,13H2,1-4H3. The van der Waals surface area contributed by atoms with E-state index in [1.807, 2.05) is 6.07 Å². The van der Waals surface area contributed by atoms with Crippen molar-refractivity contribution in [2.45, 2.75) is 40.2 Å². The number of rotatable bonds is 4. The number of hydrogen-bond acceptors (Lipinski definition) is 1. The zero-order valence-corrected chi connectivity index (χ0v) is 14.0. The molecule has 2 rings (SSSR count). The van der Waals surface area contributed by atoms with Crippen LogP contribution in [0.1, 0.15) is 44.4 Å². The fourth-order valence-corrected chi connectivity index (χ4v) is 2.76. The van der Waals surface area contributed by atoms with Gasteiger partial charge in [0.25, 0.3) is 0 Å². The predicted molar refractivity (Wildman–Crippen MR) is 93.1 cm³/mol. The molecule has 0 radical (unpaired) electrons. The van der Waals surface area contributed by atoms with E-state index >= 15 is 0 Å². The Morgan fingerprint density at radius 2 is 1.71 bits per heavy atom. The highest BCUT2D eigenvalue weighted by molar-refractivity contribution is 6.33. The quantitative estimate of drug-likeness (QED) is 0.705. The molecule has 0 bridgehead atoms. The minimum absolute atomic E-state index is 0.241. The van der Waals surface area contributed by atoms with Crippen LogP contribution in [0.15, 0.2) is 48.5 Å². The number of halogens is 1. The summed E-state index contributed by atoms with van der Waals surface area (Å²) in [4.78, 5) is 0. The van der Waals surface area contributed by atoms with Crippen LogP contribution in [-0.2, 0) is 0 Å². The fourth-order valence-electron chi connectivity index (χ4n) is 2.47. The first-order valence-electron chi connectivity index (χ1n) is 7.43. The molecule has 1 atom stereocenters. The van der Waals surface area contributed by atoms with Gasteiger partial charge in [-0.2, -0.15) is 0 Å². The van der Waals surface area contributed by atoms with Crippen LogP contribution in [0.4, 0.5) is 5.69 Å². The van der Waals surface area contributed by atoms with E-state index < -0.39 is 0 Å². The molecule has 1 N–H and O–H groups in total. The lowest BCUT2D eigenvalue weighted by Gasteiger charge is -2.28. The van der Waals surface area contributed by atoms with E-state index in [0.717, 1.165) is 17.1 Å². The van der Waals surface area contributed by atoms with Crippen LogP contribution in [0, 0.1) is 12.3 Å². The van der Waals surface area contributed by atoms with Crippen molar-refractivity contribution >= 4 is 17.3 Å². The monoisotopic (exact) mass is 301 g/mol. The highest BCUT2D eigenvalue weighted by Crippen LogP contribution is 2.34. The summed E-state index contributed by atoms with van der Waals surface area (Å²) in [5.41, 5.74) is 3.71. The average molecular weight is 302 g/mol. The number of aryl methyl sites for hydroxylation is 1. The van der Waals surface area contributed by atoms with Crippen molar-refractivity contribution in [1.82, 2.24) is 0 Å². The lowest BCUT2D eigenvalue weighted by atomic mass is 9.85. The van der Waals surface area contributed by atoms with Crippen LogP contribution < -0.4 is 5.32 Å². The Kier molecular flexibility index (Phi) is 4.95. The van der Waals surface area contributed by atoms with Gasteiger partial charge in [-0.3, -0.25) is 0 Å². The summed E-state index contributed by atoms with van der Waals surface area (Å²) in [7, 11) is 0. The van der Waals surface area contributed by atoms with Crippen LogP contribution in [0.5, 0.6) is 0 Å². The first kappa shape index (κ1) is 15.9. The Labute approximate surface area is 133 Å². The second-order valence-corrected chi connectivity index (χ2v) is 7.26. The summed E-state index contributed by atoms with van der Waals surface area (Å²) >= 11 is 6.37. The summed E-state index contributed by atoms with van der Waals surface area (Å²) in [5.74, 6) is 0. The molecular weight excluding hydrogens is 278 g/mol. The van der Waals surface area contributed by atoms with Gasteiger partial charge >= 0.3 is 0 Å². The van der Waals surface area contributed by atoms with Gasteiger partial charge < -0.3 is 5.32 Å². The first-order chi connectivity index (χ1) is 9.85. The molecule has 1 nitrogen and oxygen atoms in total. The molecular formula is C19H24ClN. The van der Waals surface area contributed by atoms with Gasteiger partial charge in [-0.25, -0.2) is 0 Å². The molecule has 2 aromatic carbocycles. The number of benzene rings is 2. The van der Waals surface area contributed by atoms with E-state index in [1.54, 1.807) is 0 Å². The normalized spacial score (nSPS) is 13.0. The van der Waals surface area contributed by atoms with Crippen molar-refractivity contribution in [2.24, 2.45) is 5.41 Å². The van der Waals surface area contributed by atoms with Crippen LogP contribution in [-0.4, -0.2) is 0 Å². The Balaban J connectivity index is 2.28. The fraction of sp³-hybridized carbons (Fsp3) is 0.368. The third-order valence-electron chi connectivity index (χ3n) is 3.47. The largest absolute Gasteiger partial charge is 0.377 e.